The third-order valence-corrected chi connectivity index (χ3v) is 6.89. The Bertz CT molecular complexity index is 302. The average molecular weight is 371 g/mol. The standard InChI is InChI=1S/C10H13Br2NS2/c11-9-4-8(15-10(9)12)5-13-7-2-1-3-14-6-7/h4,7,13H,1-3,5-6H2. The molecule has 0 amide bonds. The van der Waals surface area contributed by atoms with Crippen LogP contribution in [0.5, 0.6) is 0 Å². The number of thioether (sulfide) groups is 1. The number of hydrogen-bond donors (Lipinski definition) is 1. The van der Waals surface area contributed by atoms with Crippen molar-refractivity contribution >= 4 is 55.0 Å². The van der Waals surface area contributed by atoms with Crippen molar-refractivity contribution in [2.75, 3.05) is 11.5 Å². The third-order valence-electron chi connectivity index (χ3n) is 2.42. The monoisotopic (exact) mass is 369 g/mol. The first-order valence-electron chi connectivity index (χ1n) is 5.00. The Morgan fingerprint density at radius 1 is 1.47 bits per heavy atom. The lowest BCUT2D eigenvalue weighted by molar-refractivity contribution is 0.510. The summed E-state index contributed by atoms with van der Waals surface area (Å²) in [4.78, 5) is 1.39. The zero-order valence-corrected chi connectivity index (χ0v) is 13.1. The van der Waals surface area contributed by atoms with Crippen LogP contribution in [0, 0.1) is 0 Å². The van der Waals surface area contributed by atoms with Crippen molar-refractivity contribution in [1.82, 2.24) is 5.32 Å². The normalized spacial score (nSPS) is 21.9. The Balaban J connectivity index is 1.81. The predicted molar refractivity (Wildman–Crippen MR) is 76.9 cm³/mol. The molecule has 5 heteroatoms. The number of thiophene rings is 1. The molecule has 15 heavy (non-hydrogen) atoms. The molecule has 1 aliphatic rings. The van der Waals surface area contributed by atoms with Gasteiger partial charge in [0.25, 0.3) is 0 Å². The zero-order chi connectivity index (χ0) is 10.7. The van der Waals surface area contributed by atoms with Crippen LogP contribution < -0.4 is 5.32 Å². The second kappa shape index (κ2) is 6.05. The molecule has 0 radical (unpaired) electrons. The van der Waals surface area contributed by atoms with Gasteiger partial charge in [0.2, 0.25) is 0 Å². The van der Waals surface area contributed by atoms with Gasteiger partial charge in [0, 0.05) is 27.7 Å². The summed E-state index contributed by atoms with van der Waals surface area (Å²) >= 11 is 10.9. The molecule has 1 aliphatic heterocycles. The summed E-state index contributed by atoms with van der Waals surface area (Å²) in [6, 6.07) is 2.90. The summed E-state index contributed by atoms with van der Waals surface area (Å²) in [6.45, 7) is 1.00. The molecule has 1 atom stereocenters. The number of rotatable bonds is 3. The van der Waals surface area contributed by atoms with E-state index < -0.39 is 0 Å². The Hall–Kier alpha value is 0.970. The van der Waals surface area contributed by atoms with E-state index in [0.717, 1.165) is 6.54 Å². The van der Waals surface area contributed by atoms with Crippen LogP contribution in [0.15, 0.2) is 14.3 Å². The molecule has 1 fully saturated rings. The maximum atomic E-state index is 3.63. The molecule has 0 spiro atoms. The molecule has 0 aromatic carbocycles. The van der Waals surface area contributed by atoms with E-state index in [0.29, 0.717) is 6.04 Å². The number of halogens is 2. The highest BCUT2D eigenvalue weighted by atomic mass is 79.9. The molecule has 1 unspecified atom stereocenters. The third kappa shape index (κ3) is 3.73. The van der Waals surface area contributed by atoms with E-state index in [4.69, 9.17) is 0 Å². The predicted octanol–water partition coefficient (Wildman–Crippen LogP) is 4.26. The van der Waals surface area contributed by atoms with Gasteiger partial charge in [-0.25, -0.2) is 0 Å². The van der Waals surface area contributed by atoms with Gasteiger partial charge in [-0.1, -0.05) is 0 Å². The summed E-state index contributed by atoms with van der Waals surface area (Å²) in [5.74, 6) is 2.61. The zero-order valence-electron chi connectivity index (χ0n) is 8.26. The highest BCUT2D eigenvalue weighted by Gasteiger charge is 2.13. The molecular formula is C10H13Br2NS2. The topological polar surface area (TPSA) is 12.0 Å². The lowest BCUT2D eigenvalue weighted by Crippen LogP contribution is -2.32. The van der Waals surface area contributed by atoms with Gasteiger partial charge >= 0.3 is 0 Å². The van der Waals surface area contributed by atoms with E-state index in [-0.39, 0.29) is 0 Å². The average Bonchev–Trinajstić information content (AvgIpc) is 2.57. The van der Waals surface area contributed by atoms with Gasteiger partial charge < -0.3 is 5.32 Å². The fourth-order valence-corrected chi connectivity index (χ4v) is 4.86. The van der Waals surface area contributed by atoms with E-state index in [1.54, 1.807) is 11.3 Å². The smallest absolute Gasteiger partial charge is 0.0843 e. The molecule has 1 nitrogen and oxygen atoms in total. The van der Waals surface area contributed by atoms with Gasteiger partial charge in [0.15, 0.2) is 0 Å². The van der Waals surface area contributed by atoms with Crippen LogP contribution >= 0.6 is 55.0 Å². The van der Waals surface area contributed by atoms with Crippen LogP contribution in [-0.2, 0) is 6.54 Å². The summed E-state index contributed by atoms with van der Waals surface area (Å²) in [5, 5.41) is 3.63. The molecule has 0 aliphatic carbocycles. The molecule has 0 bridgehead atoms. The minimum Gasteiger partial charge on any atom is -0.308 e. The van der Waals surface area contributed by atoms with E-state index in [1.165, 1.54) is 37.5 Å². The molecule has 2 rings (SSSR count). The fourth-order valence-electron chi connectivity index (χ4n) is 1.63. The lowest BCUT2D eigenvalue weighted by atomic mass is 10.2. The van der Waals surface area contributed by atoms with Crippen molar-refractivity contribution in [2.45, 2.75) is 25.4 Å². The maximum absolute atomic E-state index is 3.63. The quantitative estimate of drug-likeness (QED) is 0.853. The highest BCUT2D eigenvalue weighted by Crippen LogP contribution is 2.32. The van der Waals surface area contributed by atoms with Gasteiger partial charge in [0.05, 0.1) is 3.79 Å². The highest BCUT2D eigenvalue weighted by molar-refractivity contribution is 9.13. The summed E-state index contributed by atoms with van der Waals surface area (Å²) in [5.41, 5.74) is 0. The SMILES string of the molecule is Brc1cc(CNC2CCCSC2)sc1Br. The Kier molecular flexibility index (Phi) is 5.01. The Morgan fingerprint density at radius 3 is 2.93 bits per heavy atom. The first kappa shape index (κ1) is 12.4. The fraction of sp³-hybridized carbons (Fsp3) is 0.600. The van der Waals surface area contributed by atoms with Crippen LogP contribution in [0.2, 0.25) is 0 Å². The molecule has 1 aromatic rings. The van der Waals surface area contributed by atoms with Crippen molar-refractivity contribution in [3.8, 4) is 0 Å². The molecule has 1 saturated heterocycles. The molecule has 0 saturated carbocycles. The van der Waals surface area contributed by atoms with Crippen molar-refractivity contribution in [1.29, 1.82) is 0 Å². The Labute approximate surface area is 116 Å². The minimum atomic E-state index is 0.711. The summed E-state index contributed by atoms with van der Waals surface area (Å²) in [7, 11) is 0. The Morgan fingerprint density at radius 2 is 2.33 bits per heavy atom. The molecule has 1 N–H and O–H groups in total. The summed E-state index contributed by atoms with van der Waals surface area (Å²) in [6.07, 6.45) is 2.70. The molecule has 2 heterocycles. The van der Waals surface area contributed by atoms with Crippen LogP contribution in [0.1, 0.15) is 17.7 Å². The van der Waals surface area contributed by atoms with E-state index in [1.807, 2.05) is 0 Å². The van der Waals surface area contributed by atoms with Gasteiger partial charge in [-0.3, -0.25) is 0 Å². The molecule has 84 valence electrons. The van der Waals surface area contributed by atoms with Crippen LogP contribution in [-0.4, -0.2) is 17.5 Å². The van der Waals surface area contributed by atoms with E-state index >= 15 is 0 Å². The second-order valence-corrected chi connectivity index (χ2v) is 8.09. The van der Waals surface area contributed by atoms with E-state index in [9.17, 15) is 0 Å². The van der Waals surface area contributed by atoms with Crippen molar-refractivity contribution in [3.63, 3.8) is 0 Å². The van der Waals surface area contributed by atoms with Crippen molar-refractivity contribution < 1.29 is 0 Å². The first-order valence-corrected chi connectivity index (χ1v) is 8.56. The van der Waals surface area contributed by atoms with Gasteiger partial charge in [0.1, 0.15) is 0 Å². The number of nitrogens with one attached hydrogen (secondary N) is 1. The van der Waals surface area contributed by atoms with Gasteiger partial charge in [-0.2, -0.15) is 11.8 Å². The minimum absolute atomic E-state index is 0.711. The first-order chi connectivity index (χ1) is 7.25. The van der Waals surface area contributed by atoms with Gasteiger partial charge in [-0.05, 0) is 56.5 Å². The maximum Gasteiger partial charge on any atom is 0.0843 e. The van der Waals surface area contributed by atoms with Crippen molar-refractivity contribution in [3.05, 3.63) is 19.2 Å². The van der Waals surface area contributed by atoms with Crippen LogP contribution in [0.3, 0.4) is 0 Å². The molecular weight excluding hydrogens is 358 g/mol. The lowest BCUT2D eigenvalue weighted by Gasteiger charge is -2.22. The van der Waals surface area contributed by atoms with Gasteiger partial charge in [-0.15, -0.1) is 11.3 Å². The molecule has 1 aromatic heterocycles. The number of hydrogen-bond acceptors (Lipinski definition) is 3. The van der Waals surface area contributed by atoms with Crippen LogP contribution in [0.25, 0.3) is 0 Å². The van der Waals surface area contributed by atoms with Crippen LogP contribution in [0.4, 0.5) is 0 Å². The largest absolute Gasteiger partial charge is 0.308 e. The van der Waals surface area contributed by atoms with E-state index in [2.05, 4.69) is 55.0 Å². The summed E-state index contributed by atoms with van der Waals surface area (Å²) < 4.78 is 2.36. The second-order valence-electron chi connectivity index (χ2n) is 3.63. The van der Waals surface area contributed by atoms with Crippen molar-refractivity contribution in [2.24, 2.45) is 0 Å².